The second kappa shape index (κ2) is 5.05. The summed E-state index contributed by atoms with van der Waals surface area (Å²) in [5.41, 5.74) is -0.0757. The van der Waals surface area contributed by atoms with Crippen LogP contribution < -0.4 is 0 Å². The first kappa shape index (κ1) is 12.6. The molecule has 15 heavy (non-hydrogen) atoms. The van der Waals surface area contributed by atoms with Gasteiger partial charge in [-0.1, -0.05) is 22.0 Å². The van der Waals surface area contributed by atoms with Crippen molar-refractivity contribution in [2.24, 2.45) is 0 Å². The number of halogens is 2. The summed E-state index contributed by atoms with van der Waals surface area (Å²) in [6.07, 6.45) is 0.418. The molecular formula is C11H14BrFO2. The maximum atomic E-state index is 12.8. The number of aliphatic hydroxyl groups is 1. The predicted molar refractivity (Wildman–Crippen MR) is 60.3 cm³/mol. The first-order chi connectivity index (χ1) is 6.94. The molecule has 1 aromatic carbocycles. The molecule has 0 aliphatic heterocycles. The average Bonchev–Trinajstić information content (AvgIpc) is 2.09. The van der Waals surface area contributed by atoms with Crippen molar-refractivity contribution < 1.29 is 14.2 Å². The summed E-state index contributed by atoms with van der Waals surface area (Å²) in [5.74, 6) is -0.294. The zero-order valence-corrected chi connectivity index (χ0v) is 10.3. The van der Waals surface area contributed by atoms with Crippen molar-refractivity contribution >= 4 is 15.9 Å². The van der Waals surface area contributed by atoms with Crippen LogP contribution in [-0.2, 0) is 11.2 Å². The molecule has 1 N–H and O–H groups in total. The molecule has 0 aliphatic rings. The average molecular weight is 277 g/mol. The van der Waals surface area contributed by atoms with Crippen molar-refractivity contribution in [2.45, 2.75) is 18.9 Å². The Balaban J connectivity index is 2.80. The molecule has 0 amide bonds. The van der Waals surface area contributed by atoms with Gasteiger partial charge in [0.15, 0.2) is 0 Å². The van der Waals surface area contributed by atoms with E-state index in [4.69, 9.17) is 4.74 Å². The summed E-state index contributed by atoms with van der Waals surface area (Å²) < 4.78 is 18.4. The van der Waals surface area contributed by atoms with E-state index < -0.39 is 5.60 Å². The molecular weight excluding hydrogens is 263 g/mol. The highest BCUT2D eigenvalue weighted by molar-refractivity contribution is 9.10. The minimum absolute atomic E-state index is 0.247. The van der Waals surface area contributed by atoms with Gasteiger partial charge in [-0.2, -0.15) is 0 Å². The Hall–Kier alpha value is -0.450. The Morgan fingerprint density at radius 2 is 2.20 bits per heavy atom. The van der Waals surface area contributed by atoms with E-state index in [0.29, 0.717) is 10.9 Å². The molecule has 1 unspecified atom stereocenters. The number of rotatable bonds is 4. The van der Waals surface area contributed by atoms with E-state index in [-0.39, 0.29) is 12.4 Å². The first-order valence-electron chi connectivity index (χ1n) is 4.60. The van der Waals surface area contributed by atoms with Crippen LogP contribution in [0.1, 0.15) is 12.5 Å². The van der Waals surface area contributed by atoms with Crippen LogP contribution in [0.3, 0.4) is 0 Å². The van der Waals surface area contributed by atoms with E-state index >= 15 is 0 Å². The number of benzene rings is 1. The lowest BCUT2D eigenvalue weighted by molar-refractivity contribution is -0.0162. The molecule has 0 aliphatic carbocycles. The van der Waals surface area contributed by atoms with Gasteiger partial charge in [0.25, 0.3) is 0 Å². The van der Waals surface area contributed by atoms with Gasteiger partial charge in [-0.3, -0.25) is 0 Å². The van der Waals surface area contributed by atoms with Crippen LogP contribution in [0.5, 0.6) is 0 Å². The zero-order chi connectivity index (χ0) is 11.5. The van der Waals surface area contributed by atoms with Crippen molar-refractivity contribution in [1.29, 1.82) is 0 Å². The van der Waals surface area contributed by atoms with Crippen LogP contribution in [0.15, 0.2) is 22.7 Å². The summed E-state index contributed by atoms with van der Waals surface area (Å²) in [5, 5.41) is 9.92. The van der Waals surface area contributed by atoms with Crippen molar-refractivity contribution in [1.82, 2.24) is 0 Å². The molecule has 84 valence electrons. The Bertz CT molecular complexity index is 339. The van der Waals surface area contributed by atoms with Gasteiger partial charge in [0, 0.05) is 18.0 Å². The van der Waals surface area contributed by atoms with Gasteiger partial charge in [-0.15, -0.1) is 0 Å². The van der Waals surface area contributed by atoms with Gasteiger partial charge >= 0.3 is 0 Å². The maximum Gasteiger partial charge on any atom is 0.124 e. The summed E-state index contributed by atoms with van der Waals surface area (Å²) >= 11 is 3.26. The van der Waals surface area contributed by atoms with Crippen molar-refractivity contribution in [3.05, 3.63) is 34.1 Å². The third kappa shape index (κ3) is 3.89. The second-order valence-electron chi connectivity index (χ2n) is 3.84. The molecule has 1 aromatic rings. The second-order valence-corrected chi connectivity index (χ2v) is 4.70. The zero-order valence-electron chi connectivity index (χ0n) is 8.76. The van der Waals surface area contributed by atoms with Gasteiger partial charge in [-0.25, -0.2) is 4.39 Å². The summed E-state index contributed by atoms with van der Waals surface area (Å²) in [6.45, 7) is 1.93. The molecule has 1 atom stereocenters. The van der Waals surface area contributed by atoms with Gasteiger partial charge in [0.1, 0.15) is 5.82 Å². The van der Waals surface area contributed by atoms with Crippen LogP contribution in [0, 0.1) is 5.82 Å². The molecule has 4 heteroatoms. The maximum absolute atomic E-state index is 12.8. The molecule has 0 fully saturated rings. The topological polar surface area (TPSA) is 29.5 Å². The minimum Gasteiger partial charge on any atom is -0.387 e. The summed E-state index contributed by atoms with van der Waals surface area (Å²) in [4.78, 5) is 0. The minimum atomic E-state index is -0.935. The smallest absolute Gasteiger partial charge is 0.124 e. The molecule has 0 saturated carbocycles. The largest absolute Gasteiger partial charge is 0.387 e. The van der Waals surface area contributed by atoms with E-state index in [2.05, 4.69) is 15.9 Å². The molecule has 0 saturated heterocycles. The molecule has 1 rings (SSSR count). The standard InChI is InChI=1S/C11H14BrFO2/c1-11(14,7-15-2)6-8-3-4-9(13)5-10(8)12/h3-5,14H,6-7H2,1-2H3. The third-order valence-corrected chi connectivity index (χ3v) is 2.78. The van der Waals surface area contributed by atoms with E-state index in [9.17, 15) is 9.50 Å². The fourth-order valence-electron chi connectivity index (χ4n) is 1.44. The molecule has 2 nitrogen and oxygen atoms in total. The fraction of sp³-hybridized carbons (Fsp3) is 0.455. The normalized spacial score (nSPS) is 15.0. The molecule has 0 bridgehead atoms. The number of ether oxygens (including phenoxy) is 1. The van der Waals surface area contributed by atoms with Gasteiger partial charge < -0.3 is 9.84 Å². The Kier molecular flexibility index (Phi) is 4.25. The molecule has 0 radical (unpaired) electrons. The number of hydrogen-bond acceptors (Lipinski definition) is 2. The quantitative estimate of drug-likeness (QED) is 0.916. The molecule has 0 heterocycles. The third-order valence-electron chi connectivity index (χ3n) is 2.04. The number of methoxy groups -OCH3 is 1. The lowest BCUT2D eigenvalue weighted by Crippen LogP contribution is -2.32. The SMILES string of the molecule is COCC(C)(O)Cc1ccc(F)cc1Br. The van der Waals surface area contributed by atoms with Crippen LogP contribution in [0.25, 0.3) is 0 Å². The lowest BCUT2D eigenvalue weighted by atomic mass is 9.97. The van der Waals surface area contributed by atoms with E-state index in [0.717, 1.165) is 5.56 Å². The highest BCUT2D eigenvalue weighted by atomic mass is 79.9. The number of hydrogen-bond donors (Lipinski definition) is 1. The van der Waals surface area contributed by atoms with E-state index in [1.165, 1.54) is 19.2 Å². The Morgan fingerprint density at radius 3 is 2.73 bits per heavy atom. The fourth-order valence-corrected chi connectivity index (χ4v) is 1.93. The molecule has 0 spiro atoms. The van der Waals surface area contributed by atoms with Gasteiger partial charge in [0.2, 0.25) is 0 Å². The first-order valence-corrected chi connectivity index (χ1v) is 5.39. The highest BCUT2D eigenvalue weighted by Gasteiger charge is 2.21. The summed E-state index contributed by atoms with van der Waals surface area (Å²) in [7, 11) is 1.54. The Labute approximate surface area is 97.2 Å². The predicted octanol–water partition coefficient (Wildman–Crippen LogP) is 2.53. The van der Waals surface area contributed by atoms with Crippen molar-refractivity contribution in [3.8, 4) is 0 Å². The molecule has 0 aromatic heterocycles. The van der Waals surface area contributed by atoms with E-state index in [1.807, 2.05) is 0 Å². The van der Waals surface area contributed by atoms with Crippen molar-refractivity contribution in [3.63, 3.8) is 0 Å². The Morgan fingerprint density at radius 1 is 1.53 bits per heavy atom. The lowest BCUT2D eigenvalue weighted by Gasteiger charge is -2.22. The monoisotopic (exact) mass is 276 g/mol. The van der Waals surface area contributed by atoms with E-state index in [1.54, 1.807) is 13.0 Å². The van der Waals surface area contributed by atoms with Crippen LogP contribution in [0.2, 0.25) is 0 Å². The van der Waals surface area contributed by atoms with Crippen LogP contribution >= 0.6 is 15.9 Å². The van der Waals surface area contributed by atoms with Gasteiger partial charge in [0.05, 0.1) is 12.2 Å². The van der Waals surface area contributed by atoms with Crippen LogP contribution in [0.4, 0.5) is 4.39 Å². The van der Waals surface area contributed by atoms with Crippen molar-refractivity contribution in [2.75, 3.05) is 13.7 Å². The summed E-state index contributed by atoms with van der Waals surface area (Å²) in [6, 6.07) is 4.42. The van der Waals surface area contributed by atoms with Gasteiger partial charge in [-0.05, 0) is 24.6 Å². The van der Waals surface area contributed by atoms with Crippen LogP contribution in [-0.4, -0.2) is 24.4 Å². The highest BCUT2D eigenvalue weighted by Crippen LogP contribution is 2.22.